The molecule has 4 atom stereocenters. The Kier molecular flexibility index (Phi) is 3.88. The summed E-state index contributed by atoms with van der Waals surface area (Å²) in [6, 6.07) is 1.12. The fourth-order valence-corrected chi connectivity index (χ4v) is 2.46. The molecule has 0 aromatic carbocycles. The third-order valence-electron chi connectivity index (χ3n) is 3.64. The largest absolute Gasteiger partial charge is 0.396 e. The first-order valence-corrected chi connectivity index (χ1v) is 6.19. The van der Waals surface area contributed by atoms with Crippen LogP contribution in [-0.2, 0) is 0 Å². The van der Waals surface area contributed by atoms with E-state index in [9.17, 15) is 15.0 Å². The third-order valence-corrected chi connectivity index (χ3v) is 3.64. The van der Waals surface area contributed by atoms with Gasteiger partial charge in [-0.2, -0.15) is 4.98 Å². The summed E-state index contributed by atoms with van der Waals surface area (Å²) in [4.78, 5) is 17.6. The summed E-state index contributed by atoms with van der Waals surface area (Å²) in [7, 11) is 3.56. The van der Waals surface area contributed by atoms with Gasteiger partial charge in [-0.1, -0.05) is 0 Å². The Balaban J connectivity index is 2.31. The van der Waals surface area contributed by atoms with Crippen LogP contribution in [0.5, 0.6) is 0 Å². The lowest BCUT2D eigenvalue weighted by molar-refractivity contribution is -0.00454. The molecule has 1 aromatic heterocycles. The highest BCUT2D eigenvalue weighted by Crippen LogP contribution is 2.34. The van der Waals surface area contributed by atoms with Crippen LogP contribution in [0.3, 0.4) is 0 Å². The molecule has 0 unspecified atom stereocenters. The Bertz CT molecular complexity index is 502. The van der Waals surface area contributed by atoms with Gasteiger partial charge in [0, 0.05) is 32.8 Å². The first-order chi connectivity index (χ1) is 8.95. The number of rotatable bonds is 3. The van der Waals surface area contributed by atoms with Gasteiger partial charge in [-0.05, 0) is 12.5 Å². The van der Waals surface area contributed by atoms with Gasteiger partial charge in [-0.25, -0.2) is 4.79 Å². The second-order valence-corrected chi connectivity index (χ2v) is 5.10. The molecule has 3 N–H and O–H groups in total. The maximum absolute atomic E-state index is 11.9. The first-order valence-electron chi connectivity index (χ1n) is 6.19. The Morgan fingerprint density at radius 2 is 2.11 bits per heavy atom. The molecule has 7 nitrogen and oxygen atoms in total. The van der Waals surface area contributed by atoms with Crippen molar-refractivity contribution in [3.8, 4) is 0 Å². The van der Waals surface area contributed by atoms with Crippen LogP contribution in [0.1, 0.15) is 12.5 Å². The van der Waals surface area contributed by atoms with Crippen LogP contribution in [0.25, 0.3) is 0 Å². The van der Waals surface area contributed by atoms with Crippen molar-refractivity contribution in [3.63, 3.8) is 0 Å². The predicted molar refractivity (Wildman–Crippen MR) is 69.1 cm³/mol. The van der Waals surface area contributed by atoms with E-state index in [0.29, 0.717) is 12.2 Å². The number of hydrogen-bond acceptors (Lipinski definition) is 6. The van der Waals surface area contributed by atoms with Crippen LogP contribution < -0.4 is 10.6 Å². The molecule has 1 saturated carbocycles. The maximum atomic E-state index is 11.9. The minimum atomic E-state index is -1.07. The smallest absolute Gasteiger partial charge is 0.349 e. The van der Waals surface area contributed by atoms with Crippen molar-refractivity contribution in [1.82, 2.24) is 9.55 Å². The molecule has 1 aliphatic carbocycles. The zero-order valence-electron chi connectivity index (χ0n) is 11.0. The molecule has 0 bridgehead atoms. The van der Waals surface area contributed by atoms with E-state index in [0.717, 1.165) is 0 Å². The Hall–Kier alpha value is -1.44. The van der Waals surface area contributed by atoms with Gasteiger partial charge in [0.25, 0.3) is 0 Å². The summed E-state index contributed by atoms with van der Waals surface area (Å²) in [5.41, 5.74) is -0.471. The molecule has 1 aliphatic rings. The molecule has 0 spiro atoms. The van der Waals surface area contributed by atoms with Crippen molar-refractivity contribution in [2.75, 3.05) is 25.6 Å². The van der Waals surface area contributed by atoms with Crippen LogP contribution in [0.15, 0.2) is 17.1 Å². The van der Waals surface area contributed by atoms with Crippen molar-refractivity contribution >= 4 is 5.82 Å². The standard InChI is InChI=1S/C12H19N3O4/c1-14(2)9-3-4-15(12(19)13-9)8-5-7(6-16)10(17)11(8)18/h3-4,7-8,10-11,16-18H,5-6H2,1-2H3/t7-,8-,10-,11+/m1/s1. The minimum absolute atomic E-state index is 0.216. The second-order valence-electron chi connectivity index (χ2n) is 5.10. The Morgan fingerprint density at radius 3 is 2.58 bits per heavy atom. The van der Waals surface area contributed by atoms with Gasteiger partial charge < -0.3 is 20.2 Å². The molecule has 19 heavy (non-hydrogen) atoms. The van der Waals surface area contributed by atoms with Crippen LogP contribution in [0, 0.1) is 5.92 Å². The Labute approximate surface area is 110 Å². The minimum Gasteiger partial charge on any atom is -0.396 e. The lowest BCUT2D eigenvalue weighted by Crippen LogP contribution is -2.35. The van der Waals surface area contributed by atoms with Crippen molar-refractivity contribution in [3.05, 3.63) is 22.7 Å². The summed E-state index contributed by atoms with van der Waals surface area (Å²) < 4.78 is 1.32. The van der Waals surface area contributed by atoms with Gasteiger partial charge in [0.1, 0.15) is 11.9 Å². The molecule has 106 valence electrons. The lowest BCUT2D eigenvalue weighted by Gasteiger charge is -2.19. The molecular formula is C12H19N3O4. The van der Waals surface area contributed by atoms with Crippen LogP contribution in [0.4, 0.5) is 5.82 Å². The van der Waals surface area contributed by atoms with Crippen molar-refractivity contribution in [2.45, 2.75) is 24.7 Å². The zero-order valence-corrected chi connectivity index (χ0v) is 11.0. The van der Waals surface area contributed by atoms with Crippen LogP contribution >= 0.6 is 0 Å². The number of nitrogens with zero attached hydrogens (tertiary/aromatic N) is 3. The summed E-state index contributed by atoms with van der Waals surface area (Å²) in [5.74, 6) is 0.119. The third kappa shape index (κ3) is 2.49. The average Bonchev–Trinajstić information content (AvgIpc) is 2.66. The number of aliphatic hydroxyl groups excluding tert-OH is 3. The van der Waals surface area contributed by atoms with E-state index in [-0.39, 0.29) is 6.61 Å². The van der Waals surface area contributed by atoms with Crippen molar-refractivity contribution < 1.29 is 15.3 Å². The first kappa shape index (κ1) is 14.0. The van der Waals surface area contributed by atoms with E-state index >= 15 is 0 Å². The number of aliphatic hydroxyl groups is 3. The summed E-state index contributed by atoms with van der Waals surface area (Å²) in [6.07, 6.45) is -0.176. The van der Waals surface area contributed by atoms with Gasteiger partial charge in [-0.3, -0.25) is 4.57 Å². The van der Waals surface area contributed by atoms with Gasteiger partial charge in [0.05, 0.1) is 12.1 Å². The van der Waals surface area contributed by atoms with Gasteiger partial charge in [0.2, 0.25) is 0 Å². The van der Waals surface area contributed by atoms with Gasteiger partial charge in [0.15, 0.2) is 0 Å². The molecule has 0 aliphatic heterocycles. The Morgan fingerprint density at radius 1 is 1.42 bits per heavy atom. The number of aromatic nitrogens is 2. The van der Waals surface area contributed by atoms with Crippen LogP contribution in [0.2, 0.25) is 0 Å². The van der Waals surface area contributed by atoms with E-state index in [2.05, 4.69) is 4.98 Å². The van der Waals surface area contributed by atoms with Gasteiger partial charge in [-0.15, -0.1) is 0 Å². The number of anilines is 1. The topological polar surface area (TPSA) is 98.8 Å². The van der Waals surface area contributed by atoms with E-state index in [1.165, 1.54) is 4.57 Å². The normalized spacial score (nSPS) is 30.6. The molecule has 7 heteroatoms. The monoisotopic (exact) mass is 269 g/mol. The fraction of sp³-hybridized carbons (Fsp3) is 0.667. The molecular weight excluding hydrogens is 250 g/mol. The van der Waals surface area contributed by atoms with Crippen molar-refractivity contribution in [2.24, 2.45) is 5.92 Å². The number of hydrogen-bond donors (Lipinski definition) is 3. The molecule has 1 aromatic rings. The van der Waals surface area contributed by atoms with E-state index < -0.39 is 29.9 Å². The zero-order chi connectivity index (χ0) is 14.2. The maximum Gasteiger partial charge on any atom is 0.349 e. The molecule has 1 fully saturated rings. The molecule has 0 saturated heterocycles. The fourth-order valence-electron chi connectivity index (χ4n) is 2.46. The second kappa shape index (κ2) is 5.28. The van der Waals surface area contributed by atoms with Gasteiger partial charge >= 0.3 is 5.69 Å². The quantitative estimate of drug-likeness (QED) is 0.623. The summed E-state index contributed by atoms with van der Waals surface area (Å²) >= 11 is 0. The highest BCUT2D eigenvalue weighted by molar-refractivity contribution is 5.33. The van der Waals surface area contributed by atoms with E-state index in [4.69, 9.17) is 5.11 Å². The molecule has 1 heterocycles. The molecule has 0 radical (unpaired) electrons. The lowest BCUT2D eigenvalue weighted by atomic mass is 10.1. The molecule has 0 amide bonds. The predicted octanol–water partition coefficient (Wildman–Crippen LogP) is -1.42. The highest BCUT2D eigenvalue weighted by Gasteiger charge is 2.42. The summed E-state index contributed by atoms with van der Waals surface area (Å²) in [5, 5.41) is 28.8. The van der Waals surface area contributed by atoms with Crippen molar-refractivity contribution in [1.29, 1.82) is 0 Å². The van der Waals surface area contributed by atoms with E-state index in [1.54, 1.807) is 31.3 Å². The highest BCUT2D eigenvalue weighted by atomic mass is 16.3. The van der Waals surface area contributed by atoms with E-state index in [1.807, 2.05) is 0 Å². The van der Waals surface area contributed by atoms with Crippen LogP contribution in [-0.4, -0.2) is 57.8 Å². The SMILES string of the molecule is CN(C)c1ccn([C@@H]2C[C@H](CO)[C@@H](O)[C@H]2O)c(=O)n1. The summed E-state index contributed by atoms with van der Waals surface area (Å²) in [6.45, 7) is -0.216. The molecule has 2 rings (SSSR count). The average molecular weight is 269 g/mol.